The zero-order chi connectivity index (χ0) is 25.1. The molecule has 0 bridgehead atoms. The molecule has 10 nitrogen and oxygen atoms in total. The summed E-state index contributed by atoms with van der Waals surface area (Å²) >= 11 is 1.34. The number of sulfone groups is 1. The minimum absolute atomic E-state index is 0.0423. The maximum atomic E-state index is 12.6. The average Bonchev–Trinajstić information content (AvgIpc) is 3.42. The van der Waals surface area contributed by atoms with Crippen LogP contribution in [0.3, 0.4) is 0 Å². The lowest BCUT2D eigenvalue weighted by Gasteiger charge is -2.38. The number of nitrogen functional groups attached to an aromatic ring is 1. The van der Waals surface area contributed by atoms with Gasteiger partial charge in [0.1, 0.15) is 18.5 Å². The first-order chi connectivity index (χ1) is 16.6. The van der Waals surface area contributed by atoms with Gasteiger partial charge in [-0.1, -0.05) is 6.07 Å². The molecule has 0 radical (unpaired) electrons. The molecule has 2 fully saturated rings. The summed E-state index contributed by atoms with van der Waals surface area (Å²) in [5.74, 6) is 0.456. The number of anilines is 1. The molecular formula is C23H32N4O6S2. The first-order valence-corrected chi connectivity index (χ1v) is 14.3. The molecule has 2 aromatic rings. The Hall–Kier alpha value is -2.25. The number of amides is 1. The summed E-state index contributed by atoms with van der Waals surface area (Å²) in [6.07, 6.45) is 3.03. The molecule has 0 aliphatic carbocycles. The lowest BCUT2D eigenvalue weighted by atomic mass is 9.87. The summed E-state index contributed by atoms with van der Waals surface area (Å²) < 4.78 is 35.1. The Kier molecular flexibility index (Phi) is 7.96. The average molecular weight is 525 g/mol. The molecule has 192 valence electrons. The number of nitrogens with one attached hydrogen (secondary N) is 1. The molecule has 2 aliphatic heterocycles. The summed E-state index contributed by atoms with van der Waals surface area (Å²) in [6.45, 7) is 2.22. The van der Waals surface area contributed by atoms with Gasteiger partial charge in [-0.05, 0) is 37.5 Å². The second kappa shape index (κ2) is 10.8. The second-order valence-corrected chi connectivity index (χ2v) is 12.2. The Labute approximate surface area is 209 Å². The van der Waals surface area contributed by atoms with Crippen molar-refractivity contribution in [3.05, 3.63) is 35.3 Å². The number of aliphatic hydroxyl groups excluding tert-OH is 1. The number of nitrogens with zero attached hydrogens (tertiary/aromatic N) is 2. The number of carbonyl (C=O) groups is 1. The summed E-state index contributed by atoms with van der Waals surface area (Å²) in [4.78, 5) is 18.8. The number of hydrogen-bond acceptors (Lipinski definition) is 10. The van der Waals surface area contributed by atoms with E-state index in [4.69, 9.17) is 15.2 Å². The topological polar surface area (TPSA) is 144 Å². The highest BCUT2D eigenvalue weighted by atomic mass is 32.2. The summed E-state index contributed by atoms with van der Waals surface area (Å²) in [5, 5.41) is 16.0. The standard InChI is InChI=1S/C23H32N4O6S2/c1-35(30,31)20-4-2-3-19(10-20)32-14-18(28)12-25-17-11-23(33-13-17)5-7-27(8-6-23)21(29)9-16-15-34-22(24)26-16/h2-4,10,15,17-18,25,28H,5-9,11-14H2,1H3,(H2,24,26). The molecular weight excluding hydrogens is 492 g/mol. The van der Waals surface area contributed by atoms with E-state index in [1.54, 1.807) is 12.1 Å². The number of hydrogen-bond donors (Lipinski definition) is 3. The minimum Gasteiger partial charge on any atom is -0.491 e. The number of aromatic nitrogens is 1. The third-order valence-corrected chi connectivity index (χ3v) is 8.29. The van der Waals surface area contributed by atoms with E-state index in [0.29, 0.717) is 42.8 Å². The van der Waals surface area contributed by atoms with Crippen LogP contribution < -0.4 is 15.8 Å². The molecule has 1 aromatic heterocycles. The Morgan fingerprint density at radius 3 is 2.89 bits per heavy atom. The quantitative estimate of drug-likeness (QED) is 0.435. The fraction of sp³-hybridized carbons (Fsp3) is 0.565. The SMILES string of the molecule is CS(=O)(=O)c1cccc(OCC(O)CNC2COC3(CCN(C(=O)Cc4csc(N)n4)CC3)C2)c1. The molecule has 4 rings (SSSR count). The number of benzene rings is 1. The molecule has 12 heteroatoms. The summed E-state index contributed by atoms with van der Waals surface area (Å²) in [6, 6.07) is 6.34. The van der Waals surface area contributed by atoms with Crippen LogP contribution in [0.25, 0.3) is 0 Å². The molecule has 3 heterocycles. The Balaban J connectivity index is 1.17. The monoisotopic (exact) mass is 524 g/mol. The number of aliphatic hydroxyl groups is 1. The smallest absolute Gasteiger partial charge is 0.228 e. The number of ether oxygens (including phenoxy) is 2. The van der Waals surface area contributed by atoms with Crippen LogP contribution in [0.5, 0.6) is 5.75 Å². The maximum Gasteiger partial charge on any atom is 0.228 e. The normalized spacial score (nSPS) is 20.7. The molecule has 35 heavy (non-hydrogen) atoms. The molecule has 2 atom stereocenters. The van der Waals surface area contributed by atoms with Gasteiger partial charge < -0.3 is 30.5 Å². The highest BCUT2D eigenvalue weighted by Crippen LogP contribution is 2.36. The fourth-order valence-corrected chi connectivity index (χ4v) is 5.73. The molecule has 1 amide bonds. The van der Waals surface area contributed by atoms with Crippen LogP contribution in [0.15, 0.2) is 34.5 Å². The van der Waals surface area contributed by atoms with Crippen molar-refractivity contribution >= 4 is 32.2 Å². The fourth-order valence-electron chi connectivity index (χ4n) is 4.51. The van der Waals surface area contributed by atoms with Gasteiger partial charge in [0.2, 0.25) is 5.91 Å². The number of likely N-dealkylation sites (tertiary alicyclic amines) is 1. The minimum atomic E-state index is -3.32. The van der Waals surface area contributed by atoms with E-state index in [1.165, 1.54) is 23.5 Å². The van der Waals surface area contributed by atoms with E-state index in [1.807, 2.05) is 10.3 Å². The molecule has 4 N–H and O–H groups in total. The van der Waals surface area contributed by atoms with Crippen LogP contribution in [-0.2, 0) is 25.8 Å². The van der Waals surface area contributed by atoms with Crippen LogP contribution in [0.1, 0.15) is 25.0 Å². The van der Waals surface area contributed by atoms with Crippen molar-refractivity contribution in [1.82, 2.24) is 15.2 Å². The van der Waals surface area contributed by atoms with Crippen molar-refractivity contribution in [3.8, 4) is 5.75 Å². The maximum absolute atomic E-state index is 12.6. The highest BCUT2D eigenvalue weighted by molar-refractivity contribution is 7.90. The summed E-state index contributed by atoms with van der Waals surface area (Å²) in [5.41, 5.74) is 6.12. The van der Waals surface area contributed by atoms with Gasteiger partial charge in [0.05, 0.1) is 29.2 Å². The van der Waals surface area contributed by atoms with Gasteiger partial charge in [0.15, 0.2) is 15.0 Å². The number of carbonyl (C=O) groups excluding carboxylic acids is 1. The third kappa shape index (κ3) is 6.91. The van der Waals surface area contributed by atoms with Crippen LogP contribution in [0.4, 0.5) is 5.13 Å². The van der Waals surface area contributed by atoms with Crippen molar-refractivity contribution in [1.29, 1.82) is 0 Å². The first-order valence-electron chi connectivity index (χ1n) is 11.6. The van der Waals surface area contributed by atoms with Crippen LogP contribution in [-0.4, -0.2) is 86.2 Å². The van der Waals surface area contributed by atoms with E-state index in [0.717, 1.165) is 25.5 Å². The predicted octanol–water partition coefficient (Wildman–Crippen LogP) is 0.851. The second-order valence-electron chi connectivity index (χ2n) is 9.25. The van der Waals surface area contributed by atoms with E-state index in [-0.39, 0.29) is 35.5 Å². The molecule has 0 saturated carbocycles. The van der Waals surface area contributed by atoms with Gasteiger partial charge >= 0.3 is 0 Å². The van der Waals surface area contributed by atoms with Crippen molar-refractivity contribution < 1.29 is 27.8 Å². The summed E-state index contributed by atoms with van der Waals surface area (Å²) in [7, 11) is -3.32. The Morgan fingerprint density at radius 2 is 2.20 bits per heavy atom. The van der Waals surface area contributed by atoms with E-state index in [2.05, 4.69) is 10.3 Å². The van der Waals surface area contributed by atoms with Crippen LogP contribution in [0.2, 0.25) is 0 Å². The molecule has 2 aliphatic rings. The largest absolute Gasteiger partial charge is 0.491 e. The predicted molar refractivity (Wildman–Crippen MR) is 132 cm³/mol. The third-order valence-electron chi connectivity index (χ3n) is 6.46. The Bertz CT molecular complexity index is 1130. The Morgan fingerprint density at radius 1 is 1.43 bits per heavy atom. The lowest BCUT2D eigenvalue weighted by molar-refractivity contribution is -0.135. The van der Waals surface area contributed by atoms with Crippen molar-refractivity contribution in [3.63, 3.8) is 0 Å². The van der Waals surface area contributed by atoms with Crippen molar-refractivity contribution in [2.24, 2.45) is 0 Å². The highest BCUT2D eigenvalue weighted by Gasteiger charge is 2.43. The number of rotatable bonds is 9. The zero-order valence-electron chi connectivity index (χ0n) is 19.7. The van der Waals surface area contributed by atoms with E-state index in [9.17, 15) is 18.3 Å². The zero-order valence-corrected chi connectivity index (χ0v) is 21.3. The van der Waals surface area contributed by atoms with Crippen LogP contribution in [0, 0.1) is 0 Å². The van der Waals surface area contributed by atoms with Gasteiger partial charge in [0, 0.05) is 37.3 Å². The van der Waals surface area contributed by atoms with E-state index >= 15 is 0 Å². The van der Waals surface area contributed by atoms with Crippen LogP contribution >= 0.6 is 11.3 Å². The van der Waals surface area contributed by atoms with Gasteiger partial charge in [-0.15, -0.1) is 11.3 Å². The number of piperidine rings is 1. The molecule has 2 saturated heterocycles. The van der Waals surface area contributed by atoms with Gasteiger partial charge in [-0.2, -0.15) is 0 Å². The van der Waals surface area contributed by atoms with Gasteiger partial charge in [-0.25, -0.2) is 13.4 Å². The van der Waals surface area contributed by atoms with Crippen molar-refractivity contribution in [2.45, 2.75) is 48.3 Å². The lowest BCUT2D eigenvalue weighted by Crippen LogP contribution is -2.47. The first kappa shape index (κ1) is 25.8. The number of nitrogens with two attached hydrogens (primary N) is 1. The molecule has 1 aromatic carbocycles. The number of thiazole rings is 1. The van der Waals surface area contributed by atoms with Crippen molar-refractivity contribution in [2.75, 3.05) is 44.8 Å². The molecule has 2 unspecified atom stereocenters. The van der Waals surface area contributed by atoms with Gasteiger partial charge in [0.25, 0.3) is 0 Å². The molecule has 1 spiro atoms. The van der Waals surface area contributed by atoms with Gasteiger partial charge in [-0.3, -0.25) is 4.79 Å². The van der Waals surface area contributed by atoms with E-state index < -0.39 is 15.9 Å².